The van der Waals surface area contributed by atoms with Gasteiger partial charge in [-0.3, -0.25) is 19.3 Å². The standard InChI is InChI=1S/C59H97N3O18/c1-18-62-29-36(8)73-45(25-34(62)6)77-51-37(9)48(79-56-47(65)43(61-71-17)26-35(7)74-56)32(4)27-59(14,80-58(68)60-28-42-22-20-19-21-23-42)54(66)39(11)50(76-44(63)24-31(2)3)38(10)49(78-55(67)40(51)12)33(5)30-72-57-53(70-16)52(69-15)46(64)41(13)75-57/h19-23,31-41,45-53,56-57,64-65H,18,24-30H2,1-17H3,(H,60,68)/t32-,33-,34-,35+,36-,37+,38-,39+,40+,41+,45-,46+,47+,48-,49+,50+,51-,52+,53+,56-,57+,59-/m0/s1. The highest BCUT2D eigenvalue weighted by molar-refractivity contribution is 5.91. The molecule has 22 atom stereocenters. The molecule has 21 nitrogen and oxygen atoms in total. The molecular formula is C59H97N3O18. The van der Waals surface area contributed by atoms with E-state index in [0.717, 1.165) is 12.1 Å². The molecule has 3 N–H and O–H groups in total. The molecule has 21 heteroatoms. The molecule has 0 unspecified atom stereocenters. The van der Waals surface area contributed by atoms with Crippen molar-refractivity contribution in [1.82, 2.24) is 10.2 Å². The highest BCUT2D eigenvalue weighted by Gasteiger charge is 2.53. The van der Waals surface area contributed by atoms with Gasteiger partial charge in [-0.25, -0.2) is 4.79 Å². The summed E-state index contributed by atoms with van der Waals surface area (Å²) >= 11 is 0. The SMILES string of the molecule is CCN1C[C@H](C)O[C@@H](O[C@H]2[C@H](C)[C@@H](O[C@@H]3O[C@H](C)CC(=NOC)[C@H]3O)[C@@H](C)C[C@](C)(OC(=O)NCc3ccccc3)C(=O)[C@H](C)[C@H](OC(=O)CC(C)C)[C@@H](C)[C@@H]([C@@H](C)CO[C@@H]3O[C@H](C)[C@@H](O)[C@@H](OC)[C@H]3OC)OC(=O)[C@@H]2C)C[C@@H]1C. The van der Waals surface area contributed by atoms with Crippen molar-refractivity contribution in [2.45, 2.75) is 227 Å². The molecule has 0 radical (unpaired) electrons. The number of cyclic esters (lactones) is 1. The van der Waals surface area contributed by atoms with Gasteiger partial charge >= 0.3 is 18.0 Å². The second-order valence-corrected chi connectivity index (χ2v) is 23.6. The van der Waals surface area contributed by atoms with E-state index >= 15 is 9.59 Å². The molecule has 1 aromatic rings. The molecule has 0 bridgehead atoms. The normalized spacial score (nSPS) is 39.1. The third-order valence-electron chi connectivity index (χ3n) is 16.4. The number of oxime groups is 1. The van der Waals surface area contributed by atoms with E-state index in [4.69, 9.17) is 56.9 Å². The molecule has 1 amide bonds. The lowest BCUT2D eigenvalue weighted by Gasteiger charge is -2.45. The van der Waals surface area contributed by atoms with Crippen molar-refractivity contribution >= 4 is 29.5 Å². The minimum absolute atomic E-state index is 0.00995. The molecule has 456 valence electrons. The number of ketones is 1. The maximum Gasteiger partial charge on any atom is 0.408 e. The van der Waals surface area contributed by atoms with Gasteiger partial charge in [0.2, 0.25) is 0 Å². The number of alkyl carbamates (subject to hydrolysis) is 1. The van der Waals surface area contributed by atoms with Crippen LogP contribution in [0.4, 0.5) is 4.79 Å². The van der Waals surface area contributed by atoms with E-state index in [1.807, 2.05) is 78.8 Å². The summed E-state index contributed by atoms with van der Waals surface area (Å²) in [5.41, 5.74) is -0.872. The Morgan fingerprint density at radius 1 is 0.825 bits per heavy atom. The molecule has 0 aliphatic carbocycles. The number of aliphatic hydroxyl groups is 2. The average Bonchev–Trinajstić information content (AvgIpc) is 3.56. The fourth-order valence-electron chi connectivity index (χ4n) is 12.1. The van der Waals surface area contributed by atoms with E-state index < -0.39 is 145 Å². The van der Waals surface area contributed by atoms with Gasteiger partial charge < -0.3 is 72.5 Å². The van der Waals surface area contributed by atoms with Crippen LogP contribution in [0, 0.1) is 41.4 Å². The van der Waals surface area contributed by atoms with Gasteiger partial charge in [0, 0.05) is 70.4 Å². The molecular weight excluding hydrogens is 1040 g/mol. The summed E-state index contributed by atoms with van der Waals surface area (Å²) in [7, 11) is 4.30. The Balaban J connectivity index is 1.71. The van der Waals surface area contributed by atoms with E-state index in [1.54, 1.807) is 34.6 Å². The van der Waals surface area contributed by atoms with Gasteiger partial charge in [0.15, 0.2) is 30.3 Å². The Morgan fingerprint density at radius 2 is 1.50 bits per heavy atom. The first-order chi connectivity index (χ1) is 37.8. The van der Waals surface area contributed by atoms with E-state index in [9.17, 15) is 19.8 Å². The number of ether oxygens (including phenoxy) is 11. The van der Waals surface area contributed by atoms with Crippen LogP contribution in [-0.4, -0.2) is 183 Å². The lowest BCUT2D eigenvalue weighted by molar-refractivity contribution is -0.305. The summed E-state index contributed by atoms with van der Waals surface area (Å²) in [6.07, 6.45) is -13.5. The van der Waals surface area contributed by atoms with E-state index in [0.29, 0.717) is 18.7 Å². The summed E-state index contributed by atoms with van der Waals surface area (Å²) in [5, 5.41) is 29.7. The smallest absolute Gasteiger partial charge is 0.408 e. The predicted octanol–water partition coefficient (Wildman–Crippen LogP) is 6.60. The maximum absolute atomic E-state index is 15.9. The molecule has 4 aliphatic heterocycles. The molecule has 4 fully saturated rings. The van der Waals surface area contributed by atoms with Crippen molar-refractivity contribution in [1.29, 1.82) is 0 Å². The van der Waals surface area contributed by atoms with E-state index in [-0.39, 0.29) is 50.5 Å². The quantitative estimate of drug-likeness (QED) is 0.0796. The zero-order valence-electron chi connectivity index (χ0n) is 50.6. The number of carbonyl (C=O) groups is 4. The van der Waals surface area contributed by atoms with Crippen LogP contribution in [0.2, 0.25) is 0 Å². The van der Waals surface area contributed by atoms with E-state index in [1.165, 1.54) is 21.3 Å². The summed E-state index contributed by atoms with van der Waals surface area (Å²) in [4.78, 5) is 67.0. The molecule has 80 heavy (non-hydrogen) atoms. The van der Waals surface area contributed by atoms with Crippen molar-refractivity contribution in [3.63, 3.8) is 0 Å². The van der Waals surface area contributed by atoms with Crippen LogP contribution >= 0.6 is 0 Å². The summed E-state index contributed by atoms with van der Waals surface area (Å²) < 4.78 is 70.6. The molecule has 4 saturated heterocycles. The number of esters is 2. The molecule has 0 spiro atoms. The van der Waals surface area contributed by atoms with Crippen molar-refractivity contribution in [3.05, 3.63) is 35.9 Å². The summed E-state index contributed by atoms with van der Waals surface area (Å²) in [6, 6.07) is 9.27. The molecule has 0 saturated carbocycles. The molecule has 5 rings (SSSR count). The minimum atomic E-state index is -1.95. The van der Waals surface area contributed by atoms with Gasteiger partial charge in [-0.15, -0.1) is 0 Å². The zero-order chi connectivity index (χ0) is 59.3. The molecule has 1 aromatic carbocycles. The van der Waals surface area contributed by atoms with Gasteiger partial charge in [-0.2, -0.15) is 0 Å². The number of carbonyl (C=O) groups excluding carboxylic acids is 4. The predicted molar refractivity (Wildman–Crippen MR) is 295 cm³/mol. The van der Waals surface area contributed by atoms with Crippen molar-refractivity contribution in [2.75, 3.05) is 41.0 Å². The Kier molecular flexibility index (Phi) is 25.6. The number of amides is 1. The molecule has 4 heterocycles. The Labute approximate surface area is 475 Å². The van der Waals surface area contributed by atoms with Crippen molar-refractivity contribution < 1.29 is 86.3 Å². The third kappa shape index (κ3) is 17.4. The van der Waals surface area contributed by atoms with Crippen LogP contribution in [0.5, 0.6) is 0 Å². The monoisotopic (exact) mass is 1140 g/mol. The summed E-state index contributed by atoms with van der Waals surface area (Å²) in [5.74, 6) is -7.36. The van der Waals surface area contributed by atoms with Gasteiger partial charge in [0.1, 0.15) is 43.7 Å². The number of aliphatic hydroxyl groups excluding tert-OH is 2. The number of hydrogen-bond acceptors (Lipinski definition) is 20. The first-order valence-electron chi connectivity index (χ1n) is 28.9. The van der Waals surface area contributed by atoms with Crippen LogP contribution < -0.4 is 5.32 Å². The van der Waals surface area contributed by atoms with Crippen LogP contribution in [-0.2, 0) is 77.9 Å². The van der Waals surface area contributed by atoms with Crippen LogP contribution in [0.15, 0.2) is 35.5 Å². The van der Waals surface area contributed by atoms with Gasteiger partial charge in [0.05, 0.1) is 54.7 Å². The first-order valence-corrected chi connectivity index (χ1v) is 28.9. The van der Waals surface area contributed by atoms with Gasteiger partial charge in [-0.05, 0) is 71.9 Å². The van der Waals surface area contributed by atoms with Crippen molar-refractivity contribution in [2.24, 2.45) is 46.6 Å². The largest absolute Gasteiger partial charge is 0.461 e. The number of likely N-dealkylation sites (N-methyl/N-ethyl adjacent to an activating group) is 1. The number of nitrogens with one attached hydrogen (secondary N) is 1. The lowest BCUT2D eigenvalue weighted by atomic mass is 9.74. The molecule has 4 aliphatic rings. The number of methoxy groups -OCH3 is 2. The average molecular weight is 1140 g/mol. The molecule has 0 aromatic heterocycles. The fraction of sp³-hybridized carbons (Fsp3) is 0.814. The zero-order valence-corrected chi connectivity index (χ0v) is 50.6. The Bertz CT molecular complexity index is 2140. The summed E-state index contributed by atoms with van der Waals surface area (Å²) in [6.45, 7) is 27.0. The maximum atomic E-state index is 15.9. The Morgan fingerprint density at radius 3 is 2.12 bits per heavy atom. The van der Waals surface area contributed by atoms with Crippen LogP contribution in [0.25, 0.3) is 0 Å². The fourth-order valence-corrected chi connectivity index (χ4v) is 12.1. The number of rotatable bonds is 18. The number of Topliss-reactive ketones (excluding diaryl/α,β-unsaturated/α-hetero) is 1. The van der Waals surface area contributed by atoms with E-state index in [2.05, 4.69) is 29.2 Å². The topological polar surface area (TPSA) is 247 Å². The minimum Gasteiger partial charge on any atom is -0.461 e. The Hall–Kier alpha value is -3.87. The second kappa shape index (κ2) is 30.6. The number of benzene rings is 1. The highest BCUT2D eigenvalue weighted by atomic mass is 16.7. The van der Waals surface area contributed by atoms with Crippen LogP contribution in [0.3, 0.4) is 0 Å². The third-order valence-corrected chi connectivity index (χ3v) is 16.4. The van der Waals surface area contributed by atoms with Crippen LogP contribution in [0.1, 0.15) is 128 Å². The first kappa shape index (κ1) is 66.9. The highest BCUT2D eigenvalue weighted by Crippen LogP contribution is 2.40. The number of hydrogen-bond donors (Lipinski definition) is 3. The van der Waals surface area contributed by atoms with Crippen molar-refractivity contribution in [3.8, 4) is 0 Å². The van der Waals surface area contributed by atoms with Gasteiger partial charge in [0.25, 0.3) is 0 Å². The lowest BCUT2D eigenvalue weighted by Crippen LogP contribution is -2.59. The number of nitrogens with zero attached hydrogens (tertiary/aromatic N) is 2. The van der Waals surface area contributed by atoms with Gasteiger partial charge in [-0.1, -0.05) is 90.9 Å². The second-order valence-electron chi connectivity index (χ2n) is 23.6.